The van der Waals surface area contributed by atoms with Crippen LogP contribution in [0.4, 0.5) is 5.69 Å². The van der Waals surface area contributed by atoms with Crippen molar-refractivity contribution < 1.29 is 14.7 Å². The molecule has 1 N–H and O–H groups in total. The van der Waals surface area contributed by atoms with Crippen LogP contribution in [-0.4, -0.2) is 16.9 Å². The highest BCUT2D eigenvalue weighted by molar-refractivity contribution is 6.28. The van der Waals surface area contributed by atoms with Gasteiger partial charge >= 0.3 is 0 Å². The molecule has 2 rings (SSSR count). The van der Waals surface area contributed by atoms with E-state index in [0.717, 1.165) is 4.90 Å². The van der Waals surface area contributed by atoms with Gasteiger partial charge in [0.1, 0.15) is 5.75 Å². The fourth-order valence-electron chi connectivity index (χ4n) is 1.29. The standard InChI is InChI=1S/C10H7NO3/c12-8-4-2-1-3-7(8)11-9(13)5-6-10(11)14/h1-6,12H. The Kier molecular flexibility index (Phi) is 1.81. The van der Waals surface area contributed by atoms with E-state index in [-0.39, 0.29) is 11.4 Å². The molecule has 0 bridgehead atoms. The normalized spacial score (nSPS) is 15.3. The van der Waals surface area contributed by atoms with Crippen LogP contribution in [0.1, 0.15) is 0 Å². The quantitative estimate of drug-likeness (QED) is 0.665. The molecule has 0 aromatic heterocycles. The summed E-state index contributed by atoms with van der Waals surface area (Å²) >= 11 is 0. The Morgan fingerprint density at radius 2 is 1.57 bits per heavy atom. The average molecular weight is 189 g/mol. The zero-order valence-electron chi connectivity index (χ0n) is 7.18. The Balaban J connectivity index is 2.46. The molecule has 70 valence electrons. The number of benzene rings is 1. The van der Waals surface area contributed by atoms with Gasteiger partial charge in [0.15, 0.2) is 0 Å². The number of amides is 2. The Labute approximate surface area is 80.1 Å². The van der Waals surface area contributed by atoms with Gasteiger partial charge in [-0.3, -0.25) is 9.59 Å². The molecule has 0 spiro atoms. The van der Waals surface area contributed by atoms with Gasteiger partial charge in [0.2, 0.25) is 0 Å². The monoisotopic (exact) mass is 189 g/mol. The van der Waals surface area contributed by atoms with E-state index < -0.39 is 11.8 Å². The Bertz CT molecular complexity index is 419. The van der Waals surface area contributed by atoms with E-state index in [1.54, 1.807) is 12.1 Å². The fourth-order valence-corrected chi connectivity index (χ4v) is 1.29. The van der Waals surface area contributed by atoms with Crippen molar-refractivity contribution in [3.05, 3.63) is 36.4 Å². The number of aromatic hydroxyl groups is 1. The molecule has 0 aliphatic carbocycles. The second-order valence-corrected chi connectivity index (χ2v) is 2.83. The summed E-state index contributed by atoms with van der Waals surface area (Å²) < 4.78 is 0. The average Bonchev–Trinajstić information content (AvgIpc) is 2.48. The summed E-state index contributed by atoms with van der Waals surface area (Å²) in [5.74, 6) is -0.953. The predicted octanol–water partition coefficient (Wildman–Crippen LogP) is 0.822. The molecule has 0 fully saturated rings. The smallest absolute Gasteiger partial charge is 0.258 e. The third-order valence-corrected chi connectivity index (χ3v) is 1.93. The molecule has 0 atom stereocenters. The zero-order chi connectivity index (χ0) is 10.1. The highest BCUT2D eigenvalue weighted by atomic mass is 16.3. The molecule has 1 heterocycles. The van der Waals surface area contributed by atoms with E-state index >= 15 is 0 Å². The number of phenolic OH excluding ortho intramolecular Hbond substituents is 1. The van der Waals surface area contributed by atoms with E-state index in [1.165, 1.54) is 24.3 Å². The van der Waals surface area contributed by atoms with E-state index in [2.05, 4.69) is 0 Å². The first-order chi connectivity index (χ1) is 6.70. The fraction of sp³-hybridized carbons (Fsp3) is 0. The number of rotatable bonds is 1. The van der Waals surface area contributed by atoms with Gasteiger partial charge in [-0.15, -0.1) is 0 Å². The molecule has 4 heteroatoms. The SMILES string of the molecule is O=C1C=CC(=O)N1c1ccccc1O. The van der Waals surface area contributed by atoms with Gasteiger partial charge in [-0.1, -0.05) is 12.1 Å². The van der Waals surface area contributed by atoms with Crippen LogP contribution in [0.25, 0.3) is 0 Å². The van der Waals surface area contributed by atoms with Crippen LogP contribution in [0.3, 0.4) is 0 Å². The number of anilines is 1. The zero-order valence-corrected chi connectivity index (χ0v) is 7.18. The highest BCUT2D eigenvalue weighted by Gasteiger charge is 2.26. The molecule has 0 saturated heterocycles. The number of carbonyl (C=O) groups is 2. The van der Waals surface area contributed by atoms with Crippen LogP contribution < -0.4 is 4.90 Å². The Morgan fingerprint density at radius 1 is 1.00 bits per heavy atom. The van der Waals surface area contributed by atoms with Crippen LogP contribution in [0.5, 0.6) is 5.75 Å². The first kappa shape index (κ1) is 8.50. The lowest BCUT2D eigenvalue weighted by molar-refractivity contribution is -0.120. The minimum Gasteiger partial charge on any atom is -0.506 e. The molecule has 2 amide bonds. The van der Waals surface area contributed by atoms with Gasteiger partial charge in [0.05, 0.1) is 5.69 Å². The number of hydrogen-bond acceptors (Lipinski definition) is 3. The molecule has 1 aromatic carbocycles. The van der Waals surface area contributed by atoms with Crippen LogP contribution in [0.2, 0.25) is 0 Å². The molecule has 0 unspecified atom stereocenters. The summed E-state index contributed by atoms with van der Waals surface area (Å²) in [5, 5.41) is 9.43. The van der Waals surface area contributed by atoms with E-state index in [9.17, 15) is 14.7 Å². The van der Waals surface area contributed by atoms with Crippen molar-refractivity contribution in [3.63, 3.8) is 0 Å². The van der Waals surface area contributed by atoms with Gasteiger partial charge in [-0.05, 0) is 12.1 Å². The summed E-state index contributed by atoms with van der Waals surface area (Å²) in [5.41, 5.74) is 0.215. The maximum Gasteiger partial charge on any atom is 0.258 e. The number of nitrogens with zero attached hydrogens (tertiary/aromatic N) is 1. The van der Waals surface area contributed by atoms with Gasteiger partial charge < -0.3 is 5.11 Å². The molecular weight excluding hydrogens is 182 g/mol. The third-order valence-electron chi connectivity index (χ3n) is 1.93. The Hall–Kier alpha value is -2.10. The van der Waals surface area contributed by atoms with Crippen LogP contribution in [-0.2, 0) is 9.59 Å². The maximum absolute atomic E-state index is 11.2. The molecule has 14 heavy (non-hydrogen) atoms. The van der Waals surface area contributed by atoms with Crippen molar-refractivity contribution in [2.45, 2.75) is 0 Å². The van der Waals surface area contributed by atoms with Crippen molar-refractivity contribution in [2.75, 3.05) is 4.90 Å². The van der Waals surface area contributed by atoms with Crippen LogP contribution >= 0.6 is 0 Å². The minimum atomic E-state index is -0.434. The molecule has 0 saturated carbocycles. The second-order valence-electron chi connectivity index (χ2n) is 2.83. The first-order valence-corrected chi connectivity index (χ1v) is 4.04. The molecule has 4 nitrogen and oxygen atoms in total. The summed E-state index contributed by atoms with van der Waals surface area (Å²) in [6.45, 7) is 0. The van der Waals surface area contributed by atoms with Gasteiger partial charge in [-0.25, -0.2) is 4.90 Å². The highest BCUT2D eigenvalue weighted by Crippen LogP contribution is 2.28. The van der Waals surface area contributed by atoms with Crippen molar-refractivity contribution >= 4 is 17.5 Å². The molecule has 0 radical (unpaired) electrons. The number of imide groups is 1. The molecule has 1 aromatic rings. The summed E-state index contributed by atoms with van der Waals surface area (Å²) in [6.07, 6.45) is 2.35. The molecular formula is C10H7NO3. The van der Waals surface area contributed by atoms with Gasteiger partial charge in [0, 0.05) is 12.2 Å². The maximum atomic E-state index is 11.2. The number of hydrogen-bond donors (Lipinski definition) is 1. The van der Waals surface area contributed by atoms with E-state index in [0.29, 0.717) is 0 Å². The second kappa shape index (κ2) is 2.99. The van der Waals surface area contributed by atoms with Gasteiger partial charge in [0.25, 0.3) is 11.8 Å². The van der Waals surface area contributed by atoms with E-state index in [1.807, 2.05) is 0 Å². The molecule has 1 aliphatic heterocycles. The number of para-hydroxylation sites is 2. The van der Waals surface area contributed by atoms with Crippen molar-refractivity contribution in [2.24, 2.45) is 0 Å². The Morgan fingerprint density at radius 3 is 2.14 bits per heavy atom. The third kappa shape index (κ3) is 1.17. The first-order valence-electron chi connectivity index (χ1n) is 4.04. The van der Waals surface area contributed by atoms with Crippen LogP contribution in [0, 0.1) is 0 Å². The summed E-state index contributed by atoms with van der Waals surface area (Å²) in [7, 11) is 0. The minimum absolute atomic E-state index is 0.0853. The largest absolute Gasteiger partial charge is 0.506 e. The predicted molar refractivity (Wildman–Crippen MR) is 49.7 cm³/mol. The summed E-state index contributed by atoms with van der Waals surface area (Å²) in [4.78, 5) is 23.4. The van der Waals surface area contributed by atoms with E-state index in [4.69, 9.17) is 0 Å². The topological polar surface area (TPSA) is 57.6 Å². The summed E-state index contributed by atoms with van der Waals surface area (Å²) in [6, 6.07) is 6.21. The number of phenols is 1. The lowest BCUT2D eigenvalue weighted by Gasteiger charge is -2.14. The van der Waals surface area contributed by atoms with Gasteiger partial charge in [-0.2, -0.15) is 0 Å². The van der Waals surface area contributed by atoms with Crippen molar-refractivity contribution in [1.29, 1.82) is 0 Å². The van der Waals surface area contributed by atoms with Crippen molar-refractivity contribution in [3.8, 4) is 5.75 Å². The lowest BCUT2D eigenvalue weighted by atomic mass is 10.2. The van der Waals surface area contributed by atoms with Crippen LogP contribution in [0.15, 0.2) is 36.4 Å². The molecule has 1 aliphatic rings. The lowest BCUT2D eigenvalue weighted by Crippen LogP contribution is -2.29. The number of carbonyl (C=O) groups excluding carboxylic acids is 2. The van der Waals surface area contributed by atoms with Crippen molar-refractivity contribution in [1.82, 2.24) is 0 Å².